The average Bonchev–Trinajstić information content (AvgIpc) is 3.20. The van der Waals surface area contributed by atoms with E-state index in [0.29, 0.717) is 30.1 Å². The van der Waals surface area contributed by atoms with Crippen LogP contribution in [0, 0.1) is 0 Å². The van der Waals surface area contributed by atoms with Crippen molar-refractivity contribution in [1.82, 2.24) is 5.32 Å². The van der Waals surface area contributed by atoms with E-state index in [1.54, 1.807) is 18.2 Å². The van der Waals surface area contributed by atoms with Crippen molar-refractivity contribution in [3.8, 4) is 5.75 Å². The first-order chi connectivity index (χ1) is 10.5. The number of amides is 2. The number of carbonyl (C=O) groups is 1. The fourth-order valence-corrected chi connectivity index (χ4v) is 4.02. The number of rotatable bonds is 4. The van der Waals surface area contributed by atoms with Crippen LogP contribution in [0.5, 0.6) is 5.75 Å². The second kappa shape index (κ2) is 5.68. The van der Waals surface area contributed by atoms with Gasteiger partial charge < -0.3 is 15.4 Å². The van der Waals surface area contributed by atoms with Gasteiger partial charge in [-0.3, -0.25) is 4.31 Å². The monoisotopic (exact) mass is 325 g/mol. The highest BCUT2D eigenvalue weighted by Gasteiger charge is 2.30. The van der Waals surface area contributed by atoms with E-state index in [9.17, 15) is 13.2 Å². The lowest BCUT2D eigenvalue weighted by Gasteiger charge is -2.20. The van der Waals surface area contributed by atoms with E-state index >= 15 is 0 Å². The Morgan fingerprint density at radius 1 is 1.36 bits per heavy atom. The van der Waals surface area contributed by atoms with Crippen LogP contribution >= 0.6 is 0 Å². The molecule has 2 aliphatic rings. The Balaban J connectivity index is 1.79. The van der Waals surface area contributed by atoms with E-state index in [1.807, 2.05) is 0 Å². The van der Waals surface area contributed by atoms with Crippen molar-refractivity contribution < 1.29 is 17.9 Å². The molecule has 3 rings (SSSR count). The Hall–Kier alpha value is -1.96. The van der Waals surface area contributed by atoms with Gasteiger partial charge in [0.05, 0.1) is 18.6 Å². The largest absolute Gasteiger partial charge is 0.494 e. The van der Waals surface area contributed by atoms with Gasteiger partial charge in [0.25, 0.3) is 0 Å². The Morgan fingerprint density at radius 2 is 2.14 bits per heavy atom. The maximum absolute atomic E-state index is 12.0. The molecule has 1 aliphatic carbocycles. The molecule has 7 nitrogen and oxygen atoms in total. The number of methoxy groups -OCH3 is 1. The van der Waals surface area contributed by atoms with Crippen molar-refractivity contribution in [3.05, 3.63) is 18.2 Å². The molecule has 2 fully saturated rings. The molecule has 0 atom stereocenters. The molecule has 0 aromatic heterocycles. The van der Waals surface area contributed by atoms with Crippen LogP contribution in [-0.2, 0) is 10.0 Å². The predicted octanol–water partition coefficient (Wildman–Crippen LogP) is 1.52. The second-order valence-corrected chi connectivity index (χ2v) is 7.51. The SMILES string of the molecule is COc1cc(NC(=O)NC2CC2)ccc1N1CCCS1(=O)=O. The van der Waals surface area contributed by atoms with E-state index in [1.165, 1.54) is 11.4 Å². The number of sulfonamides is 1. The molecule has 120 valence electrons. The van der Waals surface area contributed by atoms with E-state index in [0.717, 1.165) is 12.8 Å². The lowest BCUT2D eigenvalue weighted by Crippen LogP contribution is -2.30. The molecule has 0 bridgehead atoms. The predicted molar refractivity (Wildman–Crippen MR) is 83.9 cm³/mol. The molecule has 2 amide bonds. The number of ether oxygens (including phenoxy) is 1. The minimum absolute atomic E-state index is 0.153. The molecule has 1 aromatic rings. The first kappa shape index (κ1) is 15.0. The van der Waals surface area contributed by atoms with Crippen LogP contribution in [0.15, 0.2) is 18.2 Å². The third-order valence-corrected chi connectivity index (χ3v) is 5.57. The molecular formula is C14H19N3O4S. The zero-order chi connectivity index (χ0) is 15.7. The van der Waals surface area contributed by atoms with Crippen molar-refractivity contribution in [2.75, 3.05) is 29.0 Å². The van der Waals surface area contributed by atoms with Crippen LogP contribution in [0.4, 0.5) is 16.2 Å². The van der Waals surface area contributed by atoms with E-state index in [2.05, 4.69) is 10.6 Å². The fourth-order valence-electron chi connectivity index (χ4n) is 2.45. The number of urea groups is 1. The molecule has 1 aromatic carbocycles. The molecule has 1 saturated carbocycles. The summed E-state index contributed by atoms with van der Waals surface area (Å²) in [4.78, 5) is 11.7. The van der Waals surface area contributed by atoms with E-state index in [4.69, 9.17) is 4.74 Å². The van der Waals surface area contributed by atoms with Gasteiger partial charge in [0.1, 0.15) is 5.75 Å². The molecule has 1 aliphatic heterocycles. The van der Waals surface area contributed by atoms with Gasteiger partial charge in [-0.15, -0.1) is 0 Å². The highest BCUT2D eigenvalue weighted by molar-refractivity contribution is 7.93. The minimum Gasteiger partial charge on any atom is -0.494 e. The van der Waals surface area contributed by atoms with Gasteiger partial charge in [-0.2, -0.15) is 0 Å². The smallest absolute Gasteiger partial charge is 0.319 e. The maximum Gasteiger partial charge on any atom is 0.319 e. The van der Waals surface area contributed by atoms with Gasteiger partial charge in [-0.1, -0.05) is 0 Å². The standard InChI is InChI=1S/C14H19N3O4S/c1-21-13-9-11(16-14(18)15-10-3-4-10)5-6-12(13)17-7-2-8-22(17,19)20/h5-6,9-10H,2-4,7-8H2,1H3,(H2,15,16,18). The summed E-state index contributed by atoms with van der Waals surface area (Å²) in [6.07, 6.45) is 2.64. The molecule has 2 N–H and O–H groups in total. The summed E-state index contributed by atoms with van der Waals surface area (Å²) in [5.74, 6) is 0.578. The normalized spacial score (nSPS) is 19.8. The number of hydrogen-bond donors (Lipinski definition) is 2. The Morgan fingerprint density at radius 3 is 2.73 bits per heavy atom. The first-order valence-electron chi connectivity index (χ1n) is 7.25. The Bertz CT molecular complexity index is 685. The minimum atomic E-state index is -3.26. The zero-order valence-corrected chi connectivity index (χ0v) is 13.1. The van der Waals surface area contributed by atoms with Gasteiger partial charge in [-0.25, -0.2) is 13.2 Å². The summed E-state index contributed by atoms with van der Waals surface area (Å²) < 4.78 is 30.7. The fraction of sp³-hybridized carbons (Fsp3) is 0.500. The van der Waals surface area contributed by atoms with Crippen molar-refractivity contribution in [3.63, 3.8) is 0 Å². The van der Waals surface area contributed by atoms with E-state index < -0.39 is 10.0 Å². The second-order valence-electron chi connectivity index (χ2n) is 5.50. The van der Waals surface area contributed by atoms with Crippen molar-refractivity contribution in [2.45, 2.75) is 25.3 Å². The van der Waals surface area contributed by atoms with Gasteiger partial charge in [-0.05, 0) is 31.4 Å². The molecule has 22 heavy (non-hydrogen) atoms. The highest BCUT2D eigenvalue weighted by atomic mass is 32.2. The number of nitrogens with zero attached hydrogens (tertiary/aromatic N) is 1. The van der Waals surface area contributed by atoms with Gasteiger partial charge in [0.2, 0.25) is 10.0 Å². The van der Waals surface area contributed by atoms with Crippen LogP contribution < -0.4 is 19.7 Å². The van der Waals surface area contributed by atoms with Gasteiger partial charge in [0.15, 0.2) is 0 Å². The van der Waals surface area contributed by atoms with Crippen LogP contribution in [0.1, 0.15) is 19.3 Å². The number of anilines is 2. The quantitative estimate of drug-likeness (QED) is 0.878. The molecule has 8 heteroatoms. The summed E-state index contributed by atoms with van der Waals surface area (Å²) in [5.41, 5.74) is 1.07. The average molecular weight is 325 g/mol. The molecular weight excluding hydrogens is 306 g/mol. The highest BCUT2D eigenvalue weighted by Crippen LogP contribution is 2.35. The molecule has 0 radical (unpaired) electrons. The summed E-state index contributed by atoms with van der Waals surface area (Å²) in [6.45, 7) is 0.452. The van der Waals surface area contributed by atoms with Crippen LogP contribution in [0.2, 0.25) is 0 Å². The summed E-state index contributed by atoms with van der Waals surface area (Å²) in [7, 11) is -1.78. The number of hydrogen-bond acceptors (Lipinski definition) is 4. The maximum atomic E-state index is 12.0. The topological polar surface area (TPSA) is 87.7 Å². The first-order valence-corrected chi connectivity index (χ1v) is 8.86. The Kier molecular flexibility index (Phi) is 3.86. The molecule has 0 unspecified atom stereocenters. The third kappa shape index (κ3) is 3.11. The molecule has 1 heterocycles. The van der Waals surface area contributed by atoms with Crippen LogP contribution in [-0.4, -0.2) is 39.9 Å². The Labute approximate surface area is 129 Å². The van der Waals surface area contributed by atoms with Crippen molar-refractivity contribution in [1.29, 1.82) is 0 Å². The van der Waals surface area contributed by atoms with E-state index in [-0.39, 0.29) is 17.8 Å². The summed E-state index contributed by atoms with van der Waals surface area (Å²) in [6, 6.07) is 4.99. The number of benzene rings is 1. The molecule has 0 spiro atoms. The van der Waals surface area contributed by atoms with Crippen LogP contribution in [0.3, 0.4) is 0 Å². The number of carbonyl (C=O) groups excluding carboxylic acids is 1. The zero-order valence-electron chi connectivity index (χ0n) is 12.3. The lowest BCUT2D eigenvalue weighted by atomic mass is 10.2. The lowest BCUT2D eigenvalue weighted by molar-refractivity contribution is 0.251. The van der Waals surface area contributed by atoms with Crippen molar-refractivity contribution in [2.24, 2.45) is 0 Å². The third-order valence-electron chi connectivity index (χ3n) is 3.72. The number of nitrogens with one attached hydrogen (secondary N) is 2. The van der Waals surface area contributed by atoms with Crippen LogP contribution in [0.25, 0.3) is 0 Å². The summed E-state index contributed by atoms with van der Waals surface area (Å²) in [5, 5.41) is 5.55. The summed E-state index contributed by atoms with van der Waals surface area (Å²) >= 11 is 0. The van der Waals surface area contributed by atoms with Crippen molar-refractivity contribution >= 4 is 27.4 Å². The van der Waals surface area contributed by atoms with Gasteiger partial charge >= 0.3 is 6.03 Å². The van der Waals surface area contributed by atoms with Gasteiger partial charge in [0, 0.05) is 24.3 Å². The molecule has 1 saturated heterocycles.